The minimum atomic E-state index is 0.277. The maximum absolute atomic E-state index is 10.2. The van der Waals surface area contributed by atoms with Crippen molar-refractivity contribution in [3.63, 3.8) is 0 Å². The topological polar surface area (TPSA) is 17.1 Å². The molecule has 1 nitrogen and oxygen atoms in total. The maximum Gasteiger partial charge on any atom is 0.129 e. The van der Waals surface area contributed by atoms with E-state index in [0.29, 0.717) is 6.42 Å². The van der Waals surface area contributed by atoms with Gasteiger partial charge in [0.15, 0.2) is 0 Å². The minimum absolute atomic E-state index is 0.277. The van der Waals surface area contributed by atoms with E-state index < -0.39 is 0 Å². The highest BCUT2D eigenvalue weighted by Crippen LogP contribution is 1.93. The van der Waals surface area contributed by atoms with Crippen LogP contribution < -0.4 is 0 Å². The van der Waals surface area contributed by atoms with Crippen LogP contribution in [0.3, 0.4) is 0 Å². The molecule has 0 fully saturated rings. The molecule has 0 N–H and O–H groups in total. The molecule has 0 aliphatic heterocycles. The van der Waals surface area contributed by atoms with Crippen molar-refractivity contribution in [2.75, 3.05) is 5.33 Å². The van der Waals surface area contributed by atoms with Crippen LogP contribution in [0.5, 0.6) is 0 Å². The Bertz CT molecular complexity index is 61.1. The summed E-state index contributed by atoms with van der Waals surface area (Å²) in [6, 6.07) is 0. The van der Waals surface area contributed by atoms with Gasteiger partial charge < -0.3 is 4.79 Å². The van der Waals surface area contributed by atoms with E-state index in [1.165, 1.54) is 0 Å². The molecule has 42 valence electrons. The van der Waals surface area contributed by atoms with Gasteiger partial charge in [-0.1, -0.05) is 15.9 Å². The SMILES string of the molecule is [13CH3][13C](=O)[13CH2][13CH2][13CH2]Br. The first-order chi connectivity index (χ1) is 3.27. The number of halogens is 1. The highest BCUT2D eigenvalue weighted by molar-refractivity contribution is 9.09. The molecule has 0 bridgehead atoms. The molecule has 0 aliphatic rings. The Morgan fingerprint density at radius 1 is 1.71 bits per heavy atom. The highest BCUT2D eigenvalue weighted by Gasteiger charge is 1.88. The molecule has 0 aromatic heterocycles. The zero-order valence-corrected chi connectivity index (χ0v) is 5.99. The van der Waals surface area contributed by atoms with Gasteiger partial charge in [-0.2, -0.15) is 0 Å². The monoisotopic (exact) mass is 169 g/mol. The second-order valence-electron chi connectivity index (χ2n) is 1.49. The Morgan fingerprint density at radius 3 is 2.43 bits per heavy atom. The van der Waals surface area contributed by atoms with E-state index in [1.54, 1.807) is 6.92 Å². The number of hydrogen-bond acceptors (Lipinski definition) is 1. The number of hydrogen-bond donors (Lipinski definition) is 0. The summed E-state index contributed by atoms with van der Waals surface area (Å²) in [6.07, 6.45) is 1.68. The van der Waals surface area contributed by atoms with Crippen molar-refractivity contribution in [2.45, 2.75) is 19.8 Å². The van der Waals surface area contributed by atoms with E-state index in [-0.39, 0.29) is 5.78 Å². The molecular formula is C5H9BrO. The van der Waals surface area contributed by atoms with Crippen LogP contribution in [0.4, 0.5) is 0 Å². The average molecular weight is 170 g/mol. The molecule has 0 aliphatic carbocycles. The molecule has 7 heavy (non-hydrogen) atoms. The summed E-state index contributed by atoms with van der Waals surface area (Å²) < 4.78 is 0. The van der Waals surface area contributed by atoms with Gasteiger partial charge in [0, 0.05) is 11.8 Å². The van der Waals surface area contributed by atoms with E-state index in [9.17, 15) is 4.79 Å². The van der Waals surface area contributed by atoms with Crippen molar-refractivity contribution < 1.29 is 4.79 Å². The molecular weight excluding hydrogens is 161 g/mol. The molecule has 0 saturated carbocycles. The van der Waals surface area contributed by atoms with Gasteiger partial charge in [0.25, 0.3) is 0 Å². The van der Waals surface area contributed by atoms with Crippen LogP contribution in [0.15, 0.2) is 0 Å². The van der Waals surface area contributed by atoms with Crippen LogP contribution in [0.2, 0.25) is 0 Å². The summed E-state index contributed by atoms with van der Waals surface area (Å²) in [5, 5.41) is 0.937. The highest BCUT2D eigenvalue weighted by atomic mass is 79.9. The molecule has 0 rings (SSSR count). The Hall–Kier alpha value is 0.150. The normalized spacial score (nSPS) is 8.86. The lowest BCUT2D eigenvalue weighted by atomic mass is 11.2. The van der Waals surface area contributed by atoms with E-state index in [4.69, 9.17) is 0 Å². The van der Waals surface area contributed by atoms with Crippen molar-refractivity contribution in [2.24, 2.45) is 0 Å². The smallest absolute Gasteiger partial charge is 0.129 e. The van der Waals surface area contributed by atoms with Gasteiger partial charge in [0.05, 0.1) is 0 Å². The van der Waals surface area contributed by atoms with Crippen LogP contribution in [0.1, 0.15) is 19.8 Å². The van der Waals surface area contributed by atoms with E-state index in [0.717, 1.165) is 11.8 Å². The fourth-order valence-corrected chi connectivity index (χ4v) is 0.596. The quantitative estimate of drug-likeness (QED) is 0.465. The van der Waals surface area contributed by atoms with Crippen LogP contribution in [-0.2, 0) is 4.79 Å². The zero-order valence-electron chi connectivity index (χ0n) is 4.41. The van der Waals surface area contributed by atoms with Gasteiger partial charge in [-0.3, -0.25) is 0 Å². The van der Waals surface area contributed by atoms with Crippen molar-refractivity contribution in [1.29, 1.82) is 0 Å². The molecule has 0 amide bonds. The van der Waals surface area contributed by atoms with Crippen LogP contribution in [-0.4, -0.2) is 11.1 Å². The third-order valence-electron chi connectivity index (χ3n) is 0.662. The maximum atomic E-state index is 10.2. The Balaban J connectivity index is 2.82. The van der Waals surface area contributed by atoms with E-state index in [2.05, 4.69) is 15.9 Å². The number of rotatable bonds is 3. The summed E-state index contributed by atoms with van der Waals surface area (Å²) >= 11 is 3.23. The summed E-state index contributed by atoms with van der Waals surface area (Å²) in [4.78, 5) is 10.2. The first-order valence-electron chi connectivity index (χ1n) is 2.32. The Kier molecular flexibility index (Phi) is 4.41. The van der Waals surface area contributed by atoms with Crippen molar-refractivity contribution in [3.05, 3.63) is 0 Å². The predicted octanol–water partition coefficient (Wildman–Crippen LogP) is 1.75. The van der Waals surface area contributed by atoms with Gasteiger partial charge in [0.2, 0.25) is 0 Å². The lowest BCUT2D eigenvalue weighted by molar-refractivity contribution is -0.117. The van der Waals surface area contributed by atoms with Crippen LogP contribution in [0, 0.1) is 0 Å². The van der Waals surface area contributed by atoms with Crippen molar-refractivity contribution >= 4 is 21.7 Å². The molecule has 0 spiro atoms. The average Bonchev–Trinajstić information content (AvgIpc) is 1.61. The predicted molar refractivity (Wildman–Crippen MR) is 33.7 cm³/mol. The molecule has 0 unspecified atom stereocenters. The lowest BCUT2D eigenvalue weighted by Gasteiger charge is -1.85. The first kappa shape index (κ1) is 7.15. The minimum Gasteiger partial charge on any atom is -0.300 e. The van der Waals surface area contributed by atoms with Gasteiger partial charge in [-0.15, -0.1) is 0 Å². The standard InChI is InChI=1S/C5H9BrO/c1-5(7)3-2-4-6/h2-4H2,1H3/i1+1,2+1,3+1,4+1,5+1. The number of ketones is 1. The summed E-state index contributed by atoms with van der Waals surface area (Å²) in [6.45, 7) is 1.61. The Labute approximate surface area is 52.2 Å². The number of Topliss-reactive ketones (excluding diaryl/α,β-unsaturated/α-hetero) is 1. The third kappa shape index (κ3) is 6.15. The number of carbonyl (C=O) groups excluding carboxylic acids is 1. The van der Waals surface area contributed by atoms with Gasteiger partial charge in [0.1, 0.15) is 5.78 Å². The molecule has 2 heteroatoms. The van der Waals surface area contributed by atoms with Crippen molar-refractivity contribution in [3.8, 4) is 0 Å². The zero-order chi connectivity index (χ0) is 5.70. The molecule has 0 atom stereocenters. The summed E-state index contributed by atoms with van der Waals surface area (Å²) in [7, 11) is 0. The number of carbonyl (C=O) groups is 1. The molecule has 0 heterocycles. The van der Waals surface area contributed by atoms with Gasteiger partial charge in [-0.05, 0) is 13.3 Å². The summed E-state index contributed by atoms with van der Waals surface area (Å²) in [5.74, 6) is 0.277. The number of alkyl halides is 1. The third-order valence-corrected chi connectivity index (χ3v) is 1.22. The second-order valence-corrected chi connectivity index (χ2v) is 2.29. The fraction of sp³-hybridized carbons (Fsp3) is 0.800. The van der Waals surface area contributed by atoms with E-state index in [1.807, 2.05) is 0 Å². The Morgan fingerprint density at radius 2 is 2.29 bits per heavy atom. The van der Waals surface area contributed by atoms with Crippen LogP contribution >= 0.6 is 15.9 Å². The van der Waals surface area contributed by atoms with Gasteiger partial charge >= 0.3 is 0 Å². The van der Waals surface area contributed by atoms with Gasteiger partial charge in [-0.25, -0.2) is 0 Å². The molecule has 0 aromatic rings. The van der Waals surface area contributed by atoms with E-state index >= 15 is 0 Å². The molecule has 0 saturated heterocycles. The lowest BCUT2D eigenvalue weighted by Crippen LogP contribution is -1.88. The van der Waals surface area contributed by atoms with Crippen LogP contribution in [0.25, 0.3) is 0 Å². The summed E-state index contributed by atoms with van der Waals surface area (Å²) in [5.41, 5.74) is 0. The molecule has 0 radical (unpaired) electrons. The first-order valence-corrected chi connectivity index (χ1v) is 3.45. The molecule has 0 aromatic carbocycles. The van der Waals surface area contributed by atoms with Crippen molar-refractivity contribution in [1.82, 2.24) is 0 Å². The second kappa shape index (κ2) is 4.31. The fourth-order valence-electron chi connectivity index (χ4n) is 0.316. The largest absolute Gasteiger partial charge is 0.300 e.